The quantitative estimate of drug-likeness (QED) is 0.400. The van der Waals surface area contributed by atoms with Crippen LogP contribution in [-0.2, 0) is 10.3 Å². The fourth-order valence-electron chi connectivity index (χ4n) is 4.61. The van der Waals surface area contributed by atoms with Crippen molar-refractivity contribution in [3.63, 3.8) is 0 Å². The van der Waals surface area contributed by atoms with E-state index < -0.39 is 5.60 Å². The van der Waals surface area contributed by atoms with Crippen molar-refractivity contribution in [2.45, 2.75) is 19.4 Å². The first-order valence-corrected chi connectivity index (χ1v) is 11.3. The minimum Gasteiger partial charge on any atom is -0.441 e. The highest BCUT2D eigenvalue weighted by Gasteiger charge is 2.50. The molecule has 0 amide bonds. The normalized spacial score (nSPS) is 13.8. The summed E-state index contributed by atoms with van der Waals surface area (Å²) in [6.45, 7) is 4.14. The predicted octanol–water partition coefficient (Wildman–Crippen LogP) is 5.27. The largest absolute Gasteiger partial charge is 0.441 e. The molecule has 170 valence electrons. The van der Waals surface area contributed by atoms with Crippen LogP contribution >= 0.6 is 12.2 Å². The van der Waals surface area contributed by atoms with Crippen LogP contribution in [0.3, 0.4) is 0 Å². The van der Waals surface area contributed by atoms with Gasteiger partial charge in [-0.3, -0.25) is 0 Å². The molecule has 5 nitrogen and oxygen atoms in total. The number of benzene rings is 3. The molecule has 0 atom stereocenters. The lowest BCUT2D eigenvalue weighted by atomic mass is 9.76. The van der Waals surface area contributed by atoms with Crippen LogP contribution < -0.4 is 15.1 Å². The molecular weight excluding hydrogens is 430 g/mol. The fourth-order valence-corrected chi connectivity index (χ4v) is 4.75. The second-order valence-electron chi connectivity index (χ2n) is 8.88. The van der Waals surface area contributed by atoms with E-state index in [1.54, 1.807) is 0 Å². The van der Waals surface area contributed by atoms with Gasteiger partial charge in [-0.15, -0.1) is 0 Å². The molecule has 6 heteroatoms. The van der Waals surface area contributed by atoms with Gasteiger partial charge in [0.05, 0.1) is 11.1 Å². The number of hydrogen-bond acceptors (Lipinski definition) is 5. The second kappa shape index (κ2) is 8.52. The monoisotopic (exact) mass is 459 g/mol. The van der Waals surface area contributed by atoms with Gasteiger partial charge in [0.25, 0.3) is 0 Å². The first-order valence-electron chi connectivity index (χ1n) is 10.8. The van der Waals surface area contributed by atoms with Crippen molar-refractivity contribution in [3.05, 3.63) is 88.0 Å². The predicted molar refractivity (Wildman–Crippen MR) is 140 cm³/mol. The van der Waals surface area contributed by atoms with Gasteiger partial charge in [-0.2, -0.15) is 0 Å². The number of rotatable bonds is 6. The maximum atomic E-state index is 13.3. The third-order valence-electron chi connectivity index (χ3n) is 6.30. The molecule has 1 aliphatic rings. The first kappa shape index (κ1) is 22.8. The van der Waals surface area contributed by atoms with Gasteiger partial charge in [-0.25, -0.2) is 4.79 Å². The van der Waals surface area contributed by atoms with E-state index in [-0.39, 0.29) is 5.97 Å². The highest BCUT2D eigenvalue weighted by Crippen LogP contribution is 2.50. The highest BCUT2D eigenvalue weighted by molar-refractivity contribution is 7.79. The molecule has 1 aliphatic heterocycles. The average Bonchev–Trinajstić information content (AvgIpc) is 3.06. The summed E-state index contributed by atoms with van der Waals surface area (Å²) in [5.41, 5.74) is 8.75. The zero-order chi connectivity index (χ0) is 23.9. The molecule has 0 saturated carbocycles. The van der Waals surface area contributed by atoms with Gasteiger partial charge in [0.1, 0.15) is 0 Å². The fraction of sp³-hybridized carbons (Fsp3) is 0.259. The number of fused-ring (bicyclic) bond motifs is 1. The van der Waals surface area contributed by atoms with Crippen LogP contribution in [0, 0.1) is 13.8 Å². The Balaban J connectivity index is 2.03. The molecule has 1 heterocycles. The Kier molecular flexibility index (Phi) is 5.89. The number of thiocarbonyl (C=S) groups is 1. The van der Waals surface area contributed by atoms with Crippen molar-refractivity contribution in [2.24, 2.45) is 0 Å². The summed E-state index contributed by atoms with van der Waals surface area (Å²) in [5, 5.41) is 3.00. The Morgan fingerprint density at radius 1 is 0.818 bits per heavy atom. The van der Waals surface area contributed by atoms with E-state index in [4.69, 9.17) is 17.0 Å². The van der Waals surface area contributed by atoms with Gasteiger partial charge < -0.3 is 19.9 Å². The maximum absolute atomic E-state index is 13.3. The third-order valence-corrected chi connectivity index (χ3v) is 6.42. The molecule has 33 heavy (non-hydrogen) atoms. The van der Waals surface area contributed by atoms with E-state index in [9.17, 15) is 4.79 Å². The zero-order valence-corrected chi connectivity index (χ0v) is 20.7. The molecule has 0 bridgehead atoms. The van der Waals surface area contributed by atoms with Crippen molar-refractivity contribution >= 4 is 40.7 Å². The summed E-state index contributed by atoms with van der Waals surface area (Å²) in [6.07, 6.45) is 0. The number of nitrogens with zero attached hydrogens (tertiary/aromatic N) is 2. The smallest absolute Gasteiger partial charge is 0.340 e. The van der Waals surface area contributed by atoms with E-state index in [0.29, 0.717) is 5.56 Å². The summed E-state index contributed by atoms with van der Waals surface area (Å²) in [7, 11) is 8.07. The number of cyclic esters (lactones) is 1. The van der Waals surface area contributed by atoms with E-state index in [1.807, 2.05) is 46.4 Å². The number of carbonyl (C=O) groups excluding carboxylic acids is 1. The zero-order valence-electron chi connectivity index (χ0n) is 19.9. The molecule has 0 aliphatic carbocycles. The molecule has 0 radical (unpaired) electrons. The number of aryl methyl sites for hydroxylation is 2. The van der Waals surface area contributed by atoms with Gasteiger partial charge in [0, 0.05) is 61.9 Å². The Morgan fingerprint density at radius 3 is 1.79 bits per heavy atom. The minimum atomic E-state index is -1.04. The summed E-state index contributed by atoms with van der Waals surface area (Å²) >= 11 is 4.93. The molecule has 0 saturated heterocycles. The van der Waals surface area contributed by atoms with Crippen LogP contribution in [0.15, 0.2) is 54.6 Å². The highest BCUT2D eigenvalue weighted by atomic mass is 32.1. The minimum absolute atomic E-state index is 0.342. The maximum Gasteiger partial charge on any atom is 0.340 e. The number of nitrogens with one attached hydrogen (secondary N) is 1. The number of hydrogen-bond donors (Lipinski definition) is 1. The molecule has 1 N–H and O–H groups in total. The summed E-state index contributed by atoms with van der Waals surface area (Å²) in [4.78, 5) is 17.4. The molecule has 0 unspecified atom stereocenters. The molecule has 3 aromatic carbocycles. The SMILES string of the molecule is Cc1cc(N(C)C)ccc1C1(c2ccc(N(C)C)cc2C)OC(=O)c2cc(NC=S)ccc21. The number of ether oxygens (including phenoxy) is 1. The summed E-state index contributed by atoms with van der Waals surface area (Å²) in [5.74, 6) is -0.342. The molecule has 0 fully saturated rings. The number of anilines is 3. The topological polar surface area (TPSA) is 44.8 Å². The van der Waals surface area contributed by atoms with Crippen LogP contribution in [0.5, 0.6) is 0 Å². The molecule has 4 rings (SSSR count). The van der Waals surface area contributed by atoms with Gasteiger partial charge in [-0.05, 0) is 61.4 Å². The van der Waals surface area contributed by atoms with Crippen LogP contribution in [-0.4, -0.2) is 39.7 Å². The lowest BCUT2D eigenvalue weighted by Gasteiger charge is -2.34. The number of carbonyl (C=O) groups is 1. The summed E-state index contributed by atoms with van der Waals surface area (Å²) < 4.78 is 6.36. The van der Waals surface area contributed by atoms with Gasteiger partial charge in [0.2, 0.25) is 0 Å². The van der Waals surface area contributed by atoms with Crippen molar-refractivity contribution < 1.29 is 9.53 Å². The first-order chi connectivity index (χ1) is 15.7. The van der Waals surface area contributed by atoms with Crippen LogP contribution in [0.4, 0.5) is 17.1 Å². The Labute approximate surface area is 201 Å². The average molecular weight is 460 g/mol. The summed E-state index contributed by atoms with van der Waals surface area (Å²) in [6, 6.07) is 18.3. The molecule has 3 aromatic rings. The van der Waals surface area contributed by atoms with Crippen LogP contribution in [0.25, 0.3) is 0 Å². The van der Waals surface area contributed by atoms with Crippen molar-refractivity contribution in [1.82, 2.24) is 0 Å². The van der Waals surface area contributed by atoms with E-state index in [1.165, 1.54) is 5.49 Å². The van der Waals surface area contributed by atoms with Crippen LogP contribution in [0.2, 0.25) is 0 Å². The van der Waals surface area contributed by atoms with E-state index in [2.05, 4.69) is 65.4 Å². The van der Waals surface area contributed by atoms with Gasteiger partial charge in [0.15, 0.2) is 5.60 Å². The lowest BCUT2D eigenvalue weighted by molar-refractivity contribution is 0.0248. The van der Waals surface area contributed by atoms with E-state index >= 15 is 0 Å². The molecule has 0 spiro atoms. The van der Waals surface area contributed by atoms with E-state index in [0.717, 1.165) is 44.9 Å². The van der Waals surface area contributed by atoms with Gasteiger partial charge in [-0.1, -0.05) is 30.4 Å². The van der Waals surface area contributed by atoms with Crippen molar-refractivity contribution in [3.8, 4) is 0 Å². The second-order valence-corrected chi connectivity index (χ2v) is 9.12. The van der Waals surface area contributed by atoms with Crippen molar-refractivity contribution in [2.75, 3.05) is 43.3 Å². The molecular formula is C27H29N3O2S. The Hall–Kier alpha value is -3.38. The Morgan fingerprint density at radius 2 is 1.33 bits per heavy atom. The van der Waals surface area contributed by atoms with Gasteiger partial charge >= 0.3 is 5.97 Å². The third kappa shape index (κ3) is 3.74. The lowest BCUT2D eigenvalue weighted by Crippen LogP contribution is -2.31. The molecule has 0 aromatic heterocycles. The Bertz CT molecular complexity index is 1190. The van der Waals surface area contributed by atoms with Crippen LogP contribution in [0.1, 0.15) is 38.2 Å². The standard InChI is InChI=1S/C27H29N3O2S/c1-17-13-20(29(3)4)8-11-23(17)27(24-12-9-21(30(5)6)14-18(24)2)25-10-7-19(28-16-33)15-22(25)26(31)32-27/h7-16H,1-6H3,(H,28,33). The van der Waals surface area contributed by atoms with Crippen molar-refractivity contribution in [1.29, 1.82) is 0 Å². The number of esters is 1.